The highest BCUT2D eigenvalue weighted by atomic mass is 79.9. The van der Waals surface area contributed by atoms with Crippen LogP contribution in [0.1, 0.15) is 11.1 Å². The summed E-state index contributed by atoms with van der Waals surface area (Å²) in [5.41, 5.74) is 2.34. The molecule has 6 heteroatoms. The molecule has 2 unspecified atom stereocenters. The molecule has 1 amide bonds. The topological polar surface area (TPSA) is 61.4 Å². The van der Waals surface area contributed by atoms with E-state index < -0.39 is 0 Å². The van der Waals surface area contributed by atoms with Crippen LogP contribution in [0.25, 0.3) is 0 Å². The van der Waals surface area contributed by atoms with Gasteiger partial charge in [-0.15, -0.1) is 11.8 Å². The van der Waals surface area contributed by atoms with E-state index in [1.165, 1.54) is 11.1 Å². The van der Waals surface area contributed by atoms with Crippen LogP contribution in [-0.2, 0) is 4.79 Å². The minimum Gasteiger partial charge on any atom is -0.391 e. The molecular weight excluding hydrogens is 352 g/mol. The van der Waals surface area contributed by atoms with Crippen molar-refractivity contribution < 1.29 is 9.90 Å². The summed E-state index contributed by atoms with van der Waals surface area (Å²) in [6.45, 7) is 6.01. The van der Waals surface area contributed by atoms with Crippen molar-refractivity contribution in [3.63, 3.8) is 0 Å². The van der Waals surface area contributed by atoms with Gasteiger partial charge in [0.15, 0.2) is 0 Å². The van der Waals surface area contributed by atoms with Crippen LogP contribution in [0.3, 0.4) is 0 Å². The predicted molar refractivity (Wildman–Crippen MR) is 89.7 cm³/mol. The van der Waals surface area contributed by atoms with Gasteiger partial charge in [0.05, 0.1) is 11.9 Å². The first kappa shape index (κ1) is 16.8. The van der Waals surface area contributed by atoms with E-state index in [-0.39, 0.29) is 17.9 Å². The zero-order chi connectivity index (χ0) is 15.4. The summed E-state index contributed by atoms with van der Waals surface area (Å²) in [6, 6.07) is 4.18. The molecule has 1 saturated heterocycles. The fourth-order valence-corrected chi connectivity index (χ4v) is 3.67. The lowest BCUT2D eigenvalue weighted by atomic mass is 10.1. The van der Waals surface area contributed by atoms with Crippen molar-refractivity contribution in [1.29, 1.82) is 0 Å². The zero-order valence-corrected chi connectivity index (χ0v) is 14.7. The van der Waals surface area contributed by atoms with E-state index in [0.717, 1.165) is 15.9 Å². The largest absolute Gasteiger partial charge is 0.391 e. The van der Waals surface area contributed by atoms with Gasteiger partial charge in [-0.3, -0.25) is 4.79 Å². The van der Waals surface area contributed by atoms with Crippen LogP contribution in [0.15, 0.2) is 21.5 Å². The van der Waals surface area contributed by atoms with Gasteiger partial charge >= 0.3 is 0 Å². The van der Waals surface area contributed by atoms with Gasteiger partial charge in [0.25, 0.3) is 0 Å². The lowest BCUT2D eigenvalue weighted by molar-refractivity contribution is -0.118. The number of nitrogens with one attached hydrogen (secondary N) is 2. The van der Waals surface area contributed by atoms with E-state index in [4.69, 9.17) is 0 Å². The molecule has 116 valence electrons. The first-order chi connectivity index (χ1) is 9.97. The number of β-amino-alcohol motifs (C(OH)–C–C–N with tert-alkyl or cyclic N) is 1. The zero-order valence-electron chi connectivity index (χ0n) is 12.3. The number of amides is 1. The average Bonchev–Trinajstić information content (AvgIpc) is 2.84. The molecule has 0 bridgehead atoms. The first-order valence-electron chi connectivity index (χ1n) is 7.02. The number of aliphatic hydroxyl groups is 1. The van der Waals surface area contributed by atoms with Crippen LogP contribution < -0.4 is 10.6 Å². The Morgan fingerprint density at radius 3 is 2.86 bits per heavy atom. The van der Waals surface area contributed by atoms with Crippen molar-refractivity contribution in [3.8, 4) is 0 Å². The summed E-state index contributed by atoms with van der Waals surface area (Å²) >= 11 is 5.06. The van der Waals surface area contributed by atoms with E-state index in [1.807, 2.05) is 13.8 Å². The molecule has 0 radical (unpaired) electrons. The number of aryl methyl sites for hydroxylation is 2. The van der Waals surface area contributed by atoms with Gasteiger partial charge in [-0.1, -0.05) is 15.9 Å². The van der Waals surface area contributed by atoms with E-state index in [9.17, 15) is 9.90 Å². The van der Waals surface area contributed by atoms with Gasteiger partial charge in [0.2, 0.25) is 5.91 Å². The van der Waals surface area contributed by atoms with Crippen LogP contribution in [0.4, 0.5) is 0 Å². The molecule has 21 heavy (non-hydrogen) atoms. The monoisotopic (exact) mass is 372 g/mol. The van der Waals surface area contributed by atoms with Gasteiger partial charge in [0.1, 0.15) is 0 Å². The SMILES string of the molecule is Cc1cc(SCC(=O)NCC2CNCC2O)c(C)cc1Br. The Kier molecular flexibility index (Phi) is 6.10. The lowest BCUT2D eigenvalue weighted by Crippen LogP contribution is -2.35. The summed E-state index contributed by atoms with van der Waals surface area (Å²) in [7, 11) is 0. The van der Waals surface area contributed by atoms with Crippen LogP contribution in [0.5, 0.6) is 0 Å². The van der Waals surface area contributed by atoms with Crippen molar-refractivity contribution >= 4 is 33.6 Å². The summed E-state index contributed by atoms with van der Waals surface area (Å²) in [6.07, 6.45) is -0.352. The number of thioether (sulfide) groups is 1. The smallest absolute Gasteiger partial charge is 0.230 e. The first-order valence-corrected chi connectivity index (χ1v) is 8.80. The summed E-state index contributed by atoms with van der Waals surface area (Å²) in [5, 5.41) is 15.7. The van der Waals surface area contributed by atoms with Crippen molar-refractivity contribution in [2.24, 2.45) is 5.92 Å². The van der Waals surface area contributed by atoms with Gasteiger partial charge in [-0.05, 0) is 37.1 Å². The Hall–Kier alpha value is -0.560. The van der Waals surface area contributed by atoms with E-state index in [1.54, 1.807) is 11.8 Å². The summed E-state index contributed by atoms with van der Waals surface area (Å²) in [4.78, 5) is 13.0. The van der Waals surface area contributed by atoms with Gasteiger partial charge in [0, 0.05) is 34.9 Å². The van der Waals surface area contributed by atoms with E-state index in [0.29, 0.717) is 18.8 Å². The average molecular weight is 373 g/mol. The second kappa shape index (κ2) is 7.63. The summed E-state index contributed by atoms with van der Waals surface area (Å²) < 4.78 is 1.09. The van der Waals surface area contributed by atoms with Gasteiger partial charge in [-0.2, -0.15) is 0 Å². The Labute approximate surface area is 138 Å². The lowest BCUT2D eigenvalue weighted by Gasteiger charge is -2.14. The highest BCUT2D eigenvalue weighted by Crippen LogP contribution is 2.28. The number of aliphatic hydroxyl groups excluding tert-OH is 1. The predicted octanol–water partition coefficient (Wildman–Crippen LogP) is 1.85. The minimum absolute atomic E-state index is 0.0130. The Bertz CT molecular complexity index is 525. The molecule has 1 aromatic carbocycles. The molecule has 0 aliphatic carbocycles. The maximum absolute atomic E-state index is 11.9. The van der Waals surface area contributed by atoms with Crippen molar-refractivity contribution in [1.82, 2.24) is 10.6 Å². The molecule has 0 saturated carbocycles. The molecule has 1 aromatic rings. The third-order valence-electron chi connectivity index (χ3n) is 3.68. The molecule has 1 aliphatic heterocycles. The van der Waals surface area contributed by atoms with Gasteiger partial charge < -0.3 is 15.7 Å². The number of hydrogen-bond acceptors (Lipinski definition) is 4. The fourth-order valence-electron chi connectivity index (χ4n) is 2.28. The molecule has 0 aromatic heterocycles. The Balaban J connectivity index is 1.80. The number of carbonyl (C=O) groups is 1. The normalized spacial score (nSPS) is 21.5. The fraction of sp³-hybridized carbons (Fsp3) is 0.533. The third kappa shape index (κ3) is 4.71. The Morgan fingerprint density at radius 1 is 1.43 bits per heavy atom. The maximum atomic E-state index is 11.9. The highest BCUT2D eigenvalue weighted by molar-refractivity contribution is 9.10. The molecule has 3 N–H and O–H groups in total. The molecule has 2 rings (SSSR count). The molecule has 1 fully saturated rings. The molecule has 0 spiro atoms. The number of benzene rings is 1. The van der Waals surface area contributed by atoms with Crippen molar-refractivity contribution in [2.75, 3.05) is 25.4 Å². The number of rotatable bonds is 5. The standard InChI is InChI=1S/C15H21BrN2O2S/c1-9-4-14(10(2)3-12(9)16)21-8-15(20)18-6-11-5-17-7-13(11)19/h3-4,11,13,17,19H,5-8H2,1-2H3,(H,18,20). The number of carbonyl (C=O) groups excluding carboxylic acids is 1. The number of hydrogen-bond donors (Lipinski definition) is 3. The third-order valence-corrected chi connectivity index (χ3v) is 5.69. The van der Waals surface area contributed by atoms with Gasteiger partial charge in [-0.25, -0.2) is 0 Å². The Morgan fingerprint density at radius 2 is 2.19 bits per heavy atom. The quantitative estimate of drug-likeness (QED) is 0.690. The summed E-state index contributed by atoms with van der Waals surface area (Å²) in [5.74, 6) is 0.535. The minimum atomic E-state index is -0.352. The highest BCUT2D eigenvalue weighted by Gasteiger charge is 2.24. The second-order valence-corrected chi connectivity index (χ2v) is 7.32. The van der Waals surface area contributed by atoms with Crippen LogP contribution in [-0.4, -0.2) is 42.5 Å². The second-order valence-electron chi connectivity index (χ2n) is 5.45. The molecule has 1 aliphatic rings. The van der Waals surface area contributed by atoms with E-state index >= 15 is 0 Å². The van der Waals surface area contributed by atoms with Crippen LogP contribution >= 0.6 is 27.7 Å². The van der Waals surface area contributed by atoms with Crippen LogP contribution in [0.2, 0.25) is 0 Å². The molecule has 4 nitrogen and oxygen atoms in total. The van der Waals surface area contributed by atoms with Crippen molar-refractivity contribution in [2.45, 2.75) is 24.8 Å². The van der Waals surface area contributed by atoms with Crippen LogP contribution in [0, 0.1) is 19.8 Å². The molecule has 2 atom stereocenters. The van der Waals surface area contributed by atoms with E-state index in [2.05, 4.69) is 38.7 Å². The number of halogens is 1. The molecule has 1 heterocycles. The molecular formula is C15H21BrN2O2S. The maximum Gasteiger partial charge on any atom is 0.230 e. The van der Waals surface area contributed by atoms with Crippen molar-refractivity contribution in [3.05, 3.63) is 27.7 Å².